The van der Waals surface area contributed by atoms with Crippen molar-refractivity contribution in [2.24, 2.45) is 0 Å². The number of hydrogen-bond acceptors (Lipinski definition) is 1. The highest BCUT2D eigenvalue weighted by molar-refractivity contribution is 6.24. The lowest BCUT2D eigenvalue weighted by Gasteiger charge is -2.33. The molecule has 0 N–H and O–H groups in total. The molecule has 0 amide bonds. The quantitative estimate of drug-likeness (QED) is 0.154. The van der Waals surface area contributed by atoms with Gasteiger partial charge in [-0.3, -0.25) is 0 Å². The molecule has 274 valence electrons. The molecule has 1 heteroatoms. The van der Waals surface area contributed by atoms with E-state index in [1.54, 1.807) is 0 Å². The zero-order chi connectivity index (χ0) is 38.8. The maximum absolute atomic E-state index is 2.57. The Bertz CT molecular complexity index is 3190. The predicted molar refractivity (Wildman–Crippen MR) is 248 cm³/mol. The SMILES string of the molecule is CC1(C)c2cc(-c3ccccc3)ccc2-c2ccc(N(c3ccccc3-c3ccccc3)c3c(-c4cccc5ccccc45)c4ccccc4c4ccccc34)cc21. The number of benzene rings is 10. The van der Waals surface area contributed by atoms with Crippen LogP contribution in [0, 0.1) is 0 Å². The van der Waals surface area contributed by atoms with Crippen molar-refractivity contribution in [2.75, 3.05) is 4.90 Å². The highest BCUT2D eigenvalue weighted by Crippen LogP contribution is 2.55. The van der Waals surface area contributed by atoms with Gasteiger partial charge in [0.1, 0.15) is 0 Å². The zero-order valence-corrected chi connectivity index (χ0v) is 32.7. The maximum Gasteiger partial charge on any atom is 0.0625 e. The minimum absolute atomic E-state index is 0.222. The largest absolute Gasteiger partial charge is 0.309 e. The predicted octanol–water partition coefficient (Wildman–Crippen LogP) is 15.9. The second-order valence-corrected chi connectivity index (χ2v) is 16.0. The second-order valence-electron chi connectivity index (χ2n) is 16.0. The third-order valence-electron chi connectivity index (χ3n) is 12.4. The van der Waals surface area contributed by atoms with Crippen molar-refractivity contribution in [2.45, 2.75) is 19.3 Å². The number of fused-ring (bicyclic) bond motifs is 7. The van der Waals surface area contributed by atoms with Gasteiger partial charge in [0.05, 0.1) is 11.4 Å². The summed E-state index contributed by atoms with van der Waals surface area (Å²) >= 11 is 0. The molecule has 0 heterocycles. The Morgan fingerprint density at radius 3 is 1.64 bits per heavy atom. The van der Waals surface area contributed by atoms with Crippen LogP contribution in [0.3, 0.4) is 0 Å². The lowest BCUT2D eigenvalue weighted by Crippen LogP contribution is -2.17. The van der Waals surface area contributed by atoms with E-state index in [0.29, 0.717) is 0 Å². The number of anilines is 3. The number of rotatable bonds is 6. The summed E-state index contributed by atoms with van der Waals surface area (Å²) in [4.78, 5) is 2.57. The molecule has 0 radical (unpaired) electrons. The molecule has 11 rings (SSSR count). The van der Waals surface area contributed by atoms with Gasteiger partial charge in [-0.1, -0.05) is 202 Å². The van der Waals surface area contributed by atoms with Gasteiger partial charge in [-0.25, -0.2) is 0 Å². The van der Waals surface area contributed by atoms with Gasteiger partial charge in [-0.15, -0.1) is 0 Å². The number of hydrogen-bond donors (Lipinski definition) is 0. The Balaban J connectivity index is 1.24. The van der Waals surface area contributed by atoms with Crippen LogP contribution in [-0.2, 0) is 5.41 Å². The van der Waals surface area contributed by atoms with Gasteiger partial charge in [0, 0.05) is 27.6 Å². The summed E-state index contributed by atoms with van der Waals surface area (Å²) in [7, 11) is 0. The monoisotopic (exact) mass is 739 g/mol. The summed E-state index contributed by atoms with van der Waals surface area (Å²) in [5.41, 5.74) is 15.8. The van der Waals surface area contributed by atoms with Crippen LogP contribution in [-0.4, -0.2) is 0 Å². The minimum atomic E-state index is -0.222. The Labute approximate surface area is 340 Å². The van der Waals surface area contributed by atoms with E-state index in [1.807, 2.05) is 0 Å². The van der Waals surface area contributed by atoms with E-state index < -0.39 is 0 Å². The Morgan fingerprint density at radius 2 is 0.879 bits per heavy atom. The van der Waals surface area contributed by atoms with Crippen LogP contribution in [0.1, 0.15) is 25.0 Å². The first-order valence-electron chi connectivity index (χ1n) is 20.3. The van der Waals surface area contributed by atoms with Gasteiger partial charge in [0.2, 0.25) is 0 Å². The van der Waals surface area contributed by atoms with E-state index in [9.17, 15) is 0 Å². The van der Waals surface area contributed by atoms with Crippen molar-refractivity contribution >= 4 is 49.4 Å². The molecule has 10 aromatic carbocycles. The van der Waals surface area contributed by atoms with Crippen LogP contribution in [0.4, 0.5) is 17.1 Å². The van der Waals surface area contributed by atoms with Crippen LogP contribution in [0.2, 0.25) is 0 Å². The molecular weight excluding hydrogens is 699 g/mol. The van der Waals surface area contributed by atoms with Crippen molar-refractivity contribution in [1.82, 2.24) is 0 Å². The summed E-state index contributed by atoms with van der Waals surface area (Å²) in [6.45, 7) is 4.79. The molecule has 0 aromatic heterocycles. The fraction of sp³-hybridized carbons (Fsp3) is 0.0526. The third-order valence-corrected chi connectivity index (χ3v) is 12.4. The second kappa shape index (κ2) is 13.5. The lowest BCUT2D eigenvalue weighted by molar-refractivity contribution is 0.660. The smallest absolute Gasteiger partial charge is 0.0625 e. The Kier molecular flexibility index (Phi) is 7.91. The molecule has 0 bridgehead atoms. The van der Waals surface area contributed by atoms with Crippen molar-refractivity contribution in [1.29, 1.82) is 0 Å². The molecule has 0 atom stereocenters. The Morgan fingerprint density at radius 1 is 0.345 bits per heavy atom. The van der Waals surface area contributed by atoms with Crippen molar-refractivity contribution < 1.29 is 0 Å². The molecule has 0 saturated carbocycles. The molecular formula is C57H41N. The molecule has 10 aromatic rings. The van der Waals surface area contributed by atoms with Crippen molar-refractivity contribution in [3.8, 4) is 44.5 Å². The van der Waals surface area contributed by atoms with E-state index >= 15 is 0 Å². The van der Waals surface area contributed by atoms with Crippen LogP contribution >= 0.6 is 0 Å². The highest BCUT2D eigenvalue weighted by atomic mass is 15.1. The highest BCUT2D eigenvalue weighted by Gasteiger charge is 2.37. The normalized spacial score (nSPS) is 12.8. The first kappa shape index (κ1) is 34.1. The number of nitrogens with zero attached hydrogens (tertiary/aromatic N) is 1. The molecule has 1 nitrogen and oxygen atoms in total. The molecule has 0 fully saturated rings. The fourth-order valence-corrected chi connectivity index (χ4v) is 9.66. The van der Waals surface area contributed by atoms with E-state index in [0.717, 1.165) is 11.4 Å². The summed E-state index contributed by atoms with van der Waals surface area (Å²) in [6, 6.07) is 78.3. The van der Waals surface area contributed by atoms with E-state index in [2.05, 4.69) is 231 Å². The minimum Gasteiger partial charge on any atom is -0.309 e. The average molecular weight is 740 g/mol. The topological polar surface area (TPSA) is 3.24 Å². The fourth-order valence-electron chi connectivity index (χ4n) is 9.66. The third kappa shape index (κ3) is 5.31. The molecule has 0 unspecified atom stereocenters. The molecule has 58 heavy (non-hydrogen) atoms. The summed E-state index contributed by atoms with van der Waals surface area (Å²) in [6.07, 6.45) is 0. The zero-order valence-electron chi connectivity index (χ0n) is 32.7. The first-order valence-corrected chi connectivity index (χ1v) is 20.3. The molecule has 0 spiro atoms. The summed E-state index contributed by atoms with van der Waals surface area (Å²) in [5.74, 6) is 0. The summed E-state index contributed by atoms with van der Waals surface area (Å²) < 4.78 is 0. The van der Waals surface area contributed by atoms with Gasteiger partial charge in [-0.05, 0) is 95.7 Å². The summed E-state index contributed by atoms with van der Waals surface area (Å²) in [5, 5.41) is 7.40. The standard InChI is InChI=1S/C57H41N/c1-57(2)52-36-41(38-18-5-3-6-19-38)32-34-47(52)48-35-33-42(37-53(48)57)58(54-31-16-15-25-44(54)40-20-7-4-8-21-40)56-51-29-14-12-27-46(51)45-26-11-13-28-50(45)55(56)49-30-17-23-39-22-9-10-24-43(39)49/h3-37H,1-2H3. The van der Waals surface area contributed by atoms with Gasteiger partial charge in [0.15, 0.2) is 0 Å². The maximum atomic E-state index is 2.57. The van der Waals surface area contributed by atoms with Crippen molar-refractivity contribution in [3.63, 3.8) is 0 Å². The first-order chi connectivity index (χ1) is 28.6. The van der Waals surface area contributed by atoms with Crippen molar-refractivity contribution in [3.05, 3.63) is 223 Å². The molecule has 1 aliphatic carbocycles. The molecule has 0 saturated heterocycles. The van der Waals surface area contributed by atoms with Gasteiger partial charge >= 0.3 is 0 Å². The van der Waals surface area contributed by atoms with Gasteiger partial charge < -0.3 is 4.90 Å². The van der Waals surface area contributed by atoms with Gasteiger partial charge in [-0.2, -0.15) is 0 Å². The van der Waals surface area contributed by atoms with E-state index in [4.69, 9.17) is 0 Å². The van der Waals surface area contributed by atoms with Crippen LogP contribution in [0.5, 0.6) is 0 Å². The Hall–Kier alpha value is -7.22. The lowest BCUT2D eigenvalue weighted by atomic mass is 9.81. The van der Waals surface area contributed by atoms with Crippen LogP contribution in [0.25, 0.3) is 76.8 Å². The van der Waals surface area contributed by atoms with Crippen LogP contribution < -0.4 is 4.90 Å². The average Bonchev–Trinajstić information content (AvgIpc) is 3.51. The van der Waals surface area contributed by atoms with Gasteiger partial charge in [0.25, 0.3) is 0 Å². The number of para-hydroxylation sites is 1. The molecule has 0 aliphatic heterocycles. The molecule has 1 aliphatic rings. The van der Waals surface area contributed by atoms with Crippen LogP contribution in [0.15, 0.2) is 212 Å². The van der Waals surface area contributed by atoms with E-state index in [-0.39, 0.29) is 5.41 Å². The van der Waals surface area contributed by atoms with E-state index in [1.165, 1.54) is 93.6 Å².